The first-order valence-corrected chi connectivity index (χ1v) is 10.6. The molecule has 0 unspecified atom stereocenters. The van der Waals surface area contributed by atoms with Gasteiger partial charge in [-0.1, -0.05) is 30.3 Å². The third kappa shape index (κ3) is 4.43. The maximum absolute atomic E-state index is 12.6. The fourth-order valence-corrected chi connectivity index (χ4v) is 3.90. The second-order valence-electron chi connectivity index (χ2n) is 7.73. The second kappa shape index (κ2) is 9.11. The average molecular weight is 425 g/mol. The van der Waals surface area contributed by atoms with Gasteiger partial charge in [-0.3, -0.25) is 19.7 Å². The van der Waals surface area contributed by atoms with Crippen LogP contribution in [0.1, 0.15) is 22.5 Å². The smallest absolute Gasteiger partial charge is 0.254 e. The molecule has 0 spiro atoms. The molecule has 5 rings (SSSR count). The van der Waals surface area contributed by atoms with Gasteiger partial charge in [-0.25, -0.2) is 4.98 Å². The highest BCUT2D eigenvalue weighted by molar-refractivity contribution is 5.49. The molecule has 32 heavy (non-hydrogen) atoms. The van der Waals surface area contributed by atoms with Gasteiger partial charge < -0.3 is 9.72 Å². The van der Waals surface area contributed by atoms with Crippen LogP contribution in [0.3, 0.4) is 0 Å². The first-order chi connectivity index (χ1) is 15.8. The van der Waals surface area contributed by atoms with E-state index in [9.17, 15) is 4.79 Å². The van der Waals surface area contributed by atoms with Crippen LogP contribution in [-0.4, -0.2) is 31.4 Å². The molecule has 7 heteroatoms. The van der Waals surface area contributed by atoms with Crippen LogP contribution in [0, 0.1) is 0 Å². The van der Waals surface area contributed by atoms with Crippen molar-refractivity contribution >= 4 is 0 Å². The monoisotopic (exact) mass is 425 g/mol. The van der Waals surface area contributed by atoms with Crippen molar-refractivity contribution in [2.75, 3.05) is 6.54 Å². The summed E-state index contributed by atoms with van der Waals surface area (Å²) in [5.74, 6) is 1.35. The van der Waals surface area contributed by atoms with Gasteiger partial charge in [0.15, 0.2) is 5.82 Å². The molecule has 0 atom stereocenters. The molecule has 0 amide bonds. The van der Waals surface area contributed by atoms with Crippen molar-refractivity contribution in [3.8, 4) is 17.3 Å². The van der Waals surface area contributed by atoms with E-state index >= 15 is 0 Å². The molecular weight excluding hydrogens is 402 g/mol. The van der Waals surface area contributed by atoms with Crippen molar-refractivity contribution < 1.29 is 4.74 Å². The summed E-state index contributed by atoms with van der Waals surface area (Å²) < 4.78 is 6.06. The summed E-state index contributed by atoms with van der Waals surface area (Å²) in [4.78, 5) is 31.2. The minimum absolute atomic E-state index is 0.0746. The van der Waals surface area contributed by atoms with Crippen LogP contribution in [0.15, 0.2) is 77.9 Å². The Labute approximate surface area is 185 Å². The molecule has 0 radical (unpaired) electrons. The number of ether oxygens (including phenoxy) is 1. The number of hydrogen-bond acceptors (Lipinski definition) is 6. The number of para-hydroxylation sites is 1. The highest BCUT2D eigenvalue weighted by atomic mass is 16.5. The number of pyridine rings is 2. The Bertz CT molecular complexity index is 1260. The Morgan fingerprint density at radius 1 is 0.969 bits per heavy atom. The number of nitrogens with zero attached hydrogens (tertiary/aromatic N) is 4. The van der Waals surface area contributed by atoms with Gasteiger partial charge in [0.2, 0.25) is 0 Å². The predicted octanol–water partition coefficient (Wildman–Crippen LogP) is 3.36. The molecule has 0 saturated heterocycles. The molecule has 1 aromatic carbocycles. The van der Waals surface area contributed by atoms with E-state index in [2.05, 4.69) is 25.9 Å². The van der Waals surface area contributed by atoms with Gasteiger partial charge in [-0.05, 0) is 36.8 Å². The Kier molecular flexibility index (Phi) is 5.72. The summed E-state index contributed by atoms with van der Waals surface area (Å²) >= 11 is 0. The van der Waals surface area contributed by atoms with E-state index in [4.69, 9.17) is 9.72 Å². The van der Waals surface area contributed by atoms with Gasteiger partial charge in [0.05, 0.1) is 11.4 Å². The van der Waals surface area contributed by atoms with Gasteiger partial charge in [-0.2, -0.15) is 0 Å². The number of benzene rings is 1. The van der Waals surface area contributed by atoms with E-state index in [1.165, 1.54) is 0 Å². The van der Waals surface area contributed by atoms with Crippen molar-refractivity contribution in [1.29, 1.82) is 0 Å². The summed E-state index contributed by atoms with van der Waals surface area (Å²) in [5.41, 5.74) is 4.15. The van der Waals surface area contributed by atoms with Crippen molar-refractivity contribution in [3.63, 3.8) is 0 Å². The summed E-state index contributed by atoms with van der Waals surface area (Å²) in [5, 5.41) is 0. The molecule has 0 bridgehead atoms. The Morgan fingerprint density at radius 2 is 1.78 bits per heavy atom. The highest BCUT2D eigenvalue weighted by Crippen LogP contribution is 2.24. The number of aromatic amines is 1. The van der Waals surface area contributed by atoms with Crippen LogP contribution in [0.2, 0.25) is 0 Å². The van der Waals surface area contributed by atoms with Crippen LogP contribution in [-0.2, 0) is 26.1 Å². The number of aromatic nitrogens is 4. The Balaban J connectivity index is 1.33. The first-order valence-electron chi connectivity index (χ1n) is 10.6. The van der Waals surface area contributed by atoms with E-state index in [0.717, 1.165) is 34.8 Å². The van der Waals surface area contributed by atoms with Crippen LogP contribution in [0.25, 0.3) is 11.5 Å². The number of hydrogen-bond donors (Lipinski definition) is 1. The summed E-state index contributed by atoms with van der Waals surface area (Å²) in [6.07, 6.45) is 4.13. The third-order valence-corrected chi connectivity index (χ3v) is 5.53. The van der Waals surface area contributed by atoms with Crippen molar-refractivity contribution in [1.82, 2.24) is 24.8 Å². The van der Waals surface area contributed by atoms with Gasteiger partial charge in [0.25, 0.3) is 5.56 Å². The minimum Gasteiger partial charge on any atom is -0.487 e. The first kappa shape index (κ1) is 20.1. The Hall–Kier alpha value is -3.84. The quantitative estimate of drug-likeness (QED) is 0.510. The molecule has 4 heterocycles. The van der Waals surface area contributed by atoms with Crippen LogP contribution in [0.5, 0.6) is 5.75 Å². The molecule has 160 valence electrons. The van der Waals surface area contributed by atoms with Crippen molar-refractivity contribution in [2.45, 2.75) is 26.1 Å². The second-order valence-corrected chi connectivity index (χ2v) is 7.73. The maximum Gasteiger partial charge on any atom is 0.254 e. The minimum atomic E-state index is -0.0746. The number of fused-ring (bicyclic) bond motifs is 1. The molecule has 1 N–H and O–H groups in total. The lowest BCUT2D eigenvalue weighted by Gasteiger charge is -2.28. The summed E-state index contributed by atoms with van der Waals surface area (Å²) in [6.45, 7) is 2.53. The zero-order chi connectivity index (χ0) is 21.8. The molecule has 3 aromatic heterocycles. The summed E-state index contributed by atoms with van der Waals surface area (Å²) in [6, 6.07) is 19.4. The van der Waals surface area contributed by atoms with Gasteiger partial charge >= 0.3 is 0 Å². The highest BCUT2D eigenvalue weighted by Gasteiger charge is 2.22. The molecule has 0 saturated carbocycles. The zero-order valence-electron chi connectivity index (χ0n) is 17.6. The fourth-order valence-electron chi connectivity index (χ4n) is 3.90. The topological polar surface area (TPSA) is 84.0 Å². The molecule has 7 nitrogen and oxygen atoms in total. The van der Waals surface area contributed by atoms with Gasteiger partial charge in [-0.15, -0.1) is 0 Å². The average Bonchev–Trinajstić information content (AvgIpc) is 2.84. The normalized spacial score (nSPS) is 13.5. The van der Waals surface area contributed by atoms with Gasteiger partial charge in [0, 0.05) is 43.2 Å². The van der Waals surface area contributed by atoms with E-state index < -0.39 is 0 Å². The predicted molar refractivity (Wildman–Crippen MR) is 121 cm³/mol. The van der Waals surface area contributed by atoms with E-state index in [1.54, 1.807) is 12.4 Å². The SMILES string of the molecule is O=c1[nH]c(-c2ccccn2)nc2c1CCN(Cc1ccccc1OCc1ccccn1)C2. The van der Waals surface area contributed by atoms with Crippen LogP contribution < -0.4 is 10.3 Å². The molecule has 0 aliphatic carbocycles. The Morgan fingerprint density at radius 3 is 2.59 bits per heavy atom. The molecule has 1 aliphatic rings. The van der Waals surface area contributed by atoms with Crippen molar-refractivity contribution in [2.24, 2.45) is 0 Å². The number of rotatable bonds is 6. The molecule has 1 aliphatic heterocycles. The van der Waals surface area contributed by atoms with E-state index in [-0.39, 0.29) is 5.56 Å². The number of H-pyrrole nitrogens is 1. The molecule has 4 aromatic rings. The van der Waals surface area contributed by atoms with E-state index in [0.29, 0.717) is 37.6 Å². The molecular formula is C25H23N5O2. The lowest BCUT2D eigenvalue weighted by molar-refractivity contribution is 0.231. The third-order valence-electron chi connectivity index (χ3n) is 5.53. The van der Waals surface area contributed by atoms with Crippen molar-refractivity contribution in [3.05, 3.63) is 106 Å². The molecule has 0 fully saturated rings. The lowest BCUT2D eigenvalue weighted by Crippen LogP contribution is -2.35. The zero-order valence-corrected chi connectivity index (χ0v) is 17.6. The lowest BCUT2D eigenvalue weighted by atomic mass is 10.0. The van der Waals surface area contributed by atoms with Crippen LogP contribution in [0.4, 0.5) is 0 Å². The summed E-state index contributed by atoms with van der Waals surface area (Å²) in [7, 11) is 0. The standard InChI is InChI=1S/C25H23N5O2/c31-25-20-11-14-30(16-22(20)28-24(29-25)21-9-4-6-13-27-21)15-18-7-1-2-10-23(18)32-17-19-8-3-5-12-26-19/h1-10,12-13H,11,14-17H2,(H,28,29,31). The fraction of sp³-hybridized carbons (Fsp3) is 0.200. The maximum atomic E-state index is 12.6. The van der Waals surface area contributed by atoms with Crippen LogP contribution >= 0.6 is 0 Å². The van der Waals surface area contributed by atoms with E-state index in [1.807, 2.05) is 54.6 Å². The number of nitrogens with one attached hydrogen (secondary N) is 1. The van der Waals surface area contributed by atoms with Gasteiger partial charge in [0.1, 0.15) is 18.1 Å². The largest absolute Gasteiger partial charge is 0.487 e.